The Balaban J connectivity index is 3.54. The van der Waals surface area contributed by atoms with Gasteiger partial charge in [-0.1, -0.05) is 6.92 Å². The Morgan fingerprint density at radius 1 is 1.78 bits per heavy atom. The summed E-state index contributed by atoms with van der Waals surface area (Å²) in [7, 11) is 0. The van der Waals surface area contributed by atoms with Gasteiger partial charge >= 0.3 is 0 Å². The van der Waals surface area contributed by atoms with E-state index in [0.717, 1.165) is 6.42 Å². The Labute approximate surface area is 55.4 Å². The molecule has 0 spiro atoms. The minimum absolute atomic E-state index is 0.0810. The van der Waals surface area contributed by atoms with Gasteiger partial charge in [-0.2, -0.15) is 0 Å². The molecule has 9 heavy (non-hydrogen) atoms. The maximum Gasteiger partial charge on any atom is 0.220 e. The average molecular weight is 129 g/mol. The van der Waals surface area contributed by atoms with Crippen LogP contribution in [-0.2, 0) is 4.79 Å². The van der Waals surface area contributed by atoms with Gasteiger partial charge < -0.3 is 5.73 Å². The predicted molar refractivity (Wildman–Crippen MR) is 35.6 cm³/mol. The number of amides is 1. The second-order valence-corrected chi connectivity index (χ2v) is 2.05. The van der Waals surface area contributed by atoms with Crippen molar-refractivity contribution < 1.29 is 4.79 Å². The first-order valence-corrected chi connectivity index (χ1v) is 3.16. The van der Waals surface area contributed by atoms with Gasteiger partial charge in [-0.15, -0.1) is 0 Å². The highest BCUT2D eigenvalue weighted by molar-refractivity contribution is 5.76. The lowest BCUT2D eigenvalue weighted by Gasteiger charge is -2.06. The Kier molecular flexibility index (Phi) is 4.05. The number of primary amides is 1. The number of carbonyl (C=O) groups is 1. The Morgan fingerprint density at radius 2 is 2.33 bits per heavy atom. The zero-order valence-electron chi connectivity index (χ0n) is 5.68. The number of nitrogens with two attached hydrogens (primary N) is 1. The first-order valence-electron chi connectivity index (χ1n) is 3.16. The van der Waals surface area contributed by atoms with Gasteiger partial charge in [0.2, 0.25) is 5.91 Å². The van der Waals surface area contributed by atoms with E-state index < -0.39 is 0 Å². The number of hydrogen-bond donors (Lipinski definition) is 1. The van der Waals surface area contributed by atoms with E-state index in [4.69, 9.17) is 11.5 Å². The van der Waals surface area contributed by atoms with Gasteiger partial charge in [-0.3, -0.25) is 10.5 Å². The summed E-state index contributed by atoms with van der Waals surface area (Å²) in [4.78, 5) is 10.5. The third kappa shape index (κ3) is 3.08. The summed E-state index contributed by atoms with van der Waals surface area (Å²) in [5, 5.41) is 0. The molecule has 1 unspecified atom stereocenters. The molecule has 3 N–H and O–H groups in total. The van der Waals surface area contributed by atoms with Crippen LogP contribution in [0.1, 0.15) is 19.8 Å². The van der Waals surface area contributed by atoms with Gasteiger partial charge in [0.25, 0.3) is 0 Å². The van der Waals surface area contributed by atoms with Crippen LogP contribution in [0.2, 0.25) is 0 Å². The third-order valence-corrected chi connectivity index (χ3v) is 1.39. The number of carbonyl (C=O) groups excluding carboxylic acids is 1. The van der Waals surface area contributed by atoms with Gasteiger partial charge in [0.05, 0.1) is 0 Å². The van der Waals surface area contributed by atoms with Crippen LogP contribution in [0.15, 0.2) is 0 Å². The molecular formula is C6H13N2O. The van der Waals surface area contributed by atoms with Crippen LogP contribution >= 0.6 is 0 Å². The molecule has 0 aromatic rings. The van der Waals surface area contributed by atoms with E-state index in [1.807, 2.05) is 6.92 Å². The molecule has 0 rings (SSSR count). The molecule has 0 saturated carbocycles. The molecule has 0 aliphatic heterocycles. The van der Waals surface area contributed by atoms with Crippen molar-refractivity contribution in [2.24, 2.45) is 11.7 Å². The SMILES string of the molecule is CCC(CC[NH])C(N)=O. The largest absolute Gasteiger partial charge is 0.369 e. The summed E-state index contributed by atoms with van der Waals surface area (Å²) in [6.07, 6.45) is 1.36. The van der Waals surface area contributed by atoms with Crippen molar-refractivity contribution in [3.05, 3.63) is 0 Å². The minimum Gasteiger partial charge on any atom is -0.369 e. The molecule has 53 valence electrons. The van der Waals surface area contributed by atoms with Crippen LogP contribution in [0.5, 0.6) is 0 Å². The molecule has 0 saturated heterocycles. The lowest BCUT2D eigenvalue weighted by atomic mass is 10.0. The van der Waals surface area contributed by atoms with Crippen LogP contribution < -0.4 is 11.5 Å². The van der Waals surface area contributed by atoms with Gasteiger partial charge in [0.1, 0.15) is 0 Å². The molecule has 0 aliphatic rings. The summed E-state index contributed by atoms with van der Waals surface area (Å²) in [5.41, 5.74) is 11.8. The summed E-state index contributed by atoms with van der Waals surface area (Å²) in [5.74, 6) is -0.354. The molecular weight excluding hydrogens is 116 g/mol. The molecule has 0 heterocycles. The van der Waals surface area contributed by atoms with Gasteiger partial charge in [-0.05, 0) is 12.8 Å². The first kappa shape index (κ1) is 8.43. The summed E-state index contributed by atoms with van der Waals surface area (Å²) in [6, 6.07) is 0. The van der Waals surface area contributed by atoms with Crippen LogP contribution in [0.25, 0.3) is 0 Å². The van der Waals surface area contributed by atoms with E-state index in [9.17, 15) is 4.79 Å². The van der Waals surface area contributed by atoms with Crippen LogP contribution in [0.3, 0.4) is 0 Å². The van der Waals surface area contributed by atoms with E-state index in [2.05, 4.69) is 0 Å². The zero-order valence-corrected chi connectivity index (χ0v) is 5.68. The smallest absolute Gasteiger partial charge is 0.220 e. The van der Waals surface area contributed by atoms with E-state index in [1.165, 1.54) is 0 Å². The zero-order chi connectivity index (χ0) is 7.28. The van der Waals surface area contributed by atoms with Crippen LogP contribution in [0.4, 0.5) is 0 Å². The molecule has 0 bridgehead atoms. The van der Waals surface area contributed by atoms with Crippen molar-refractivity contribution in [1.82, 2.24) is 5.73 Å². The van der Waals surface area contributed by atoms with Crippen molar-refractivity contribution in [3.63, 3.8) is 0 Å². The predicted octanol–water partition coefficient (Wildman–Crippen LogP) is 0.171. The molecule has 0 fully saturated rings. The number of hydrogen-bond acceptors (Lipinski definition) is 1. The molecule has 1 atom stereocenters. The summed E-state index contributed by atoms with van der Waals surface area (Å²) >= 11 is 0. The van der Waals surface area contributed by atoms with E-state index in [1.54, 1.807) is 0 Å². The summed E-state index contributed by atoms with van der Waals surface area (Å²) < 4.78 is 0. The van der Waals surface area contributed by atoms with Gasteiger partial charge in [-0.25, -0.2) is 0 Å². The van der Waals surface area contributed by atoms with Crippen molar-refractivity contribution in [2.75, 3.05) is 6.54 Å². The maximum atomic E-state index is 10.5. The summed E-state index contributed by atoms with van der Waals surface area (Å²) in [6.45, 7) is 2.20. The fraction of sp³-hybridized carbons (Fsp3) is 0.833. The number of rotatable bonds is 4. The highest BCUT2D eigenvalue weighted by Crippen LogP contribution is 2.04. The highest BCUT2D eigenvalue weighted by Gasteiger charge is 2.10. The van der Waals surface area contributed by atoms with Crippen LogP contribution in [-0.4, -0.2) is 12.5 Å². The topological polar surface area (TPSA) is 66.9 Å². The molecule has 0 aliphatic carbocycles. The van der Waals surface area contributed by atoms with Gasteiger partial charge in [0.15, 0.2) is 0 Å². The molecule has 1 radical (unpaired) electrons. The second kappa shape index (κ2) is 4.32. The Hall–Kier alpha value is -0.570. The first-order chi connectivity index (χ1) is 4.22. The molecule has 3 nitrogen and oxygen atoms in total. The highest BCUT2D eigenvalue weighted by atomic mass is 16.1. The van der Waals surface area contributed by atoms with Crippen LogP contribution in [0, 0.1) is 5.92 Å². The molecule has 3 heteroatoms. The van der Waals surface area contributed by atoms with E-state index >= 15 is 0 Å². The minimum atomic E-state index is -0.273. The van der Waals surface area contributed by atoms with Crippen molar-refractivity contribution in [1.29, 1.82) is 0 Å². The lowest BCUT2D eigenvalue weighted by molar-refractivity contribution is -0.122. The van der Waals surface area contributed by atoms with Crippen molar-refractivity contribution >= 4 is 5.91 Å². The second-order valence-electron chi connectivity index (χ2n) is 2.05. The van der Waals surface area contributed by atoms with Crippen molar-refractivity contribution in [3.8, 4) is 0 Å². The van der Waals surface area contributed by atoms with E-state index in [0.29, 0.717) is 13.0 Å². The van der Waals surface area contributed by atoms with E-state index in [-0.39, 0.29) is 11.8 Å². The molecule has 0 aromatic carbocycles. The Bertz CT molecular complexity index is 93.1. The monoisotopic (exact) mass is 129 g/mol. The third-order valence-electron chi connectivity index (χ3n) is 1.39. The maximum absolute atomic E-state index is 10.5. The number of nitrogens with one attached hydrogen (secondary N) is 1. The van der Waals surface area contributed by atoms with Crippen molar-refractivity contribution in [2.45, 2.75) is 19.8 Å². The Morgan fingerprint density at radius 3 is 2.44 bits per heavy atom. The molecule has 0 aromatic heterocycles. The average Bonchev–Trinajstić information content (AvgIpc) is 1.82. The lowest BCUT2D eigenvalue weighted by Crippen LogP contribution is -2.23. The quantitative estimate of drug-likeness (QED) is 0.577. The fourth-order valence-electron chi connectivity index (χ4n) is 0.722. The fourth-order valence-corrected chi connectivity index (χ4v) is 0.722. The standard InChI is InChI=1S/C6H13N2O/c1-2-5(3-4-7)6(8)9/h5,7H,2-4H2,1H3,(H2,8,9). The van der Waals surface area contributed by atoms with Gasteiger partial charge in [0, 0.05) is 12.5 Å². The normalized spacial score (nSPS) is 13.1. The molecule has 1 amide bonds.